The number of anilines is 1. The quantitative estimate of drug-likeness (QED) is 0.854. The lowest BCUT2D eigenvalue weighted by Gasteiger charge is -2.13. The van der Waals surface area contributed by atoms with Gasteiger partial charge in [-0.05, 0) is 29.8 Å². The van der Waals surface area contributed by atoms with Crippen LogP contribution in [-0.2, 0) is 6.54 Å². The first-order chi connectivity index (χ1) is 9.52. The van der Waals surface area contributed by atoms with Crippen LogP contribution in [0.1, 0.15) is 24.6 Å². The van der Waals surface area contributed by atoms with Gasteiger partial charge in [0, 0.05) is 0 Å². The van der Waals surface area contributed by atoms with Crippen molar-refractivity contribution in [1.82, 2.24) is 14.8 Å². The Morgan fingerprint density at radius 3 is 2.90 bits per heavy atom. The number of halogens is 1. The summed E-state index contributed by atoms with van der Waals surface area (Å²) < 4.78 is 6.97. The van der Waals surface area contributed by atoms with Crippen molar-refractivity contribution < 1.29 is 9.52 Å². The molecule has 8 heteroatoms. The zero-order valence-electron chi connectivity index (χ0n) is 11.1. The minimum atomic E-state index is -0.306. The summed E-state index contributed by atoms with van der Waals surface area (Å²) in [7, 11) is 0. The fraction of sp³-hybridized carbons (Fsp3) is 0.417. The Kier molecular flexibility index (Phi) is 4.56. The van der Waals surface area contributed by atoms with Crippen LogP contribution in [0.3, 0.4) is 0 Å². The first-order valence-corrected chi connectivity index (χ1v) is 6.87. The SMILES string of the molecule is Cc1cnc(C(C)Nc2cnn(CCO)c(=O)c2Br)o1. The third-order valence-electron chi connectivity index (χ3n) is 2.68. The second kappa shape index (κ2) is 6.19. The van der Waals surface area contributed by atoms with Gasteiger partial charge >= 0.3 is 0 Å². The van der Waals surface area contributed by atoms with E-state index in [1.54, 1.807) is 6.20 Å². The largest absolute Gasteiger partial charge is 0.444 e. The van der Waals surface area contributed by atoms with Crippen LogP contribution in [-0.4, -0.2) is 26.5 Å². The van der Waals surface area contributed by atoms with Crippen LogP contribution in [0.15, 0.2) is 26.1 Å². The molecule has 0 aliphatic heterocycles. The number of nitrogens with zero attached hydrogens (tertiary/aromatic N) is 3. The number of aromatic nitrogens is 3. The van der Waals surface area contributed by atoms with Gasteiger partial charge in [-0.3, -0.25) is 4.79 Å². The summed E-state index contributed by atoms with van der Waals surface area (Å²) in [5.74, 6) is 1.26. The number of aliphatic hydroxyl groups is 1. The monoisotopic (exact) mass is 342 g/mol. The zero-order valence-corrected chi connectivity index (χ0v) is 12.7. The zero-order chi connectivity index (χ0) is 14.7. The molecule has 2 aromatic heterocycles. The Bertz CT molecular complexity index is 652. The lowest BCUT2D eigenvalue weighted by molar-refractivity contribution is 0.266. The van der Waals surface area contributed by atoms with Crippen molar-refractivity contribution in [1.29, 1.82) is 0 Å². The van der Waals surface area contributed by atoms with E-state index in [4.69, 9.17) is 9.52 Å². The maximum atomic E-state index is 12.0. The summed E-state index contributed by atoms with van der Waals surface area (Å²) in [6.07, 6.45) is 3.16. The number of hydrogen-bond acceptors (Lipinski definition) is 6. The van der Waals surface area contributed by atoms with Crippen molar-refractivity contribution in [2.24, 2.45) is 0 Å². The number of rotatable bonds is 5. The van der Waals surface area contributed by atoms with Gasteiger partial charge in [0.15, 0.2) is 0 Å². The highest BCUT2D eigenvalue weighted by atomic mass is 79.9. The van der Waals surface area contributed by atoms with Crippen LogP contribution >= 0.6 is 15.9 Å². The molecule has 0 aliphatic rings. The Balaban J connectivity index is 2.22. The lowest BCUT2D eigenvalue weighted by atomic mass is 10.3. The molecule has 0 bridgehead atoms. The van der Waals surface area contributed by atoms with E-state index >= 15 is 0 Å². The second-order valence-corrected chi connectivity index (χ2v) is 5.09. The van der Waals surface area contributed by atoms with Gasteiger partial charge in [-0.2, -0.15) is 5.10 Å². The molecule has 2 heterocycles. The molecule has 0 amide bonds. The van der Waals surface area contributed by atoms with E-state index in [1.807, 2.05) is 13.8 Å². The minimum absolute atomic E-state index is 0.141. The van der Waals surface area contributed by atoms with Gasteiger partial charge in [-0.15, -0.1) is 0 Å². The molecule has 0 aromatic carbocycles. The third kappa shape index (κ3) is 3.07. The van der Waals surface area contributed by atoms with Gasteiger partial charge in [0.05, 0.1) is 31.2 Å². The highest BCUT2D eigenvalue weighted by molar-refractivity contribution is 9.10. The Morgan fingerprint density at radius 2 is 2.30 bits per heavy atom. The first-order valence-electron chi connectivity index (χ1n) is 6.08. The molecule has 0 saturated heterocycles. The smallest absolute Gasteiger partial charge is 0.283 e. The highest BCUT2D eigenvalue weighted by Crippen LogP contribution is 2.22. The van der Waals surface area contributed by atoms with Gasteiger partial charge in [-0.1, -0.05) is 0 Å². The van der Waals surface area contributed by atoms with Crippen molar-refractivity contribution in [3.63, 3.8) is 0 Å². The maximum absolute atomic E-state index is 12.0. The molecule has 20 heavy (non-hydrogen) atoms. The molecule has 1 atom stereocenters. The number of hydrogen-bond donors (Lipinski definition) is 2. The standard InChI is InChI=1S/C12H15BrN4O3/c1-7-5-14-11(20-7)8(2)16-9-6-15-17(3-4-18)12(19)10(9)13/h5-6,8,16,18H,3-4H2,1-2H3. The number of oxazole rings is 1. The normalized spacial score (nSPS) is 12.4. The van der Waals surface area contributed by atoms with Crippen molar-refractivity contribution in [3.05, 3.63) is 38.9 Å². The number of aryl methyl sites for hydroxylation is 1. The molecule has 2 rings (SSSR count). The van der Waals surface area contributed by atoms with Crippen LogP contribution < -0.4 is 10.9 Å². The van der Waals surface area contributed by atoms with Crippen LogP contribution in [0, 0.1) is 6.92 Å². The Morgan fingerprint density at radius 1 is 1.55 bits per heavy atom. The molecular formula is C12H15BrN4O3. The minimum Gasteiger partial charge on any atom is -0.444 e. The summed E-state index contributed by atoms with van der Waals surface area (Å²) in [4.78, 5) is 16.1. The molecule has 1 unspecified atom stereocenters. The molecule has 108 valence electrons. The summed E-state index contributed by atoms with van der Waals surface area (Å²) >= 11 is 3.24. The Hall–Kier alpha value is -1.67. The molecule has 0 spiro atoms. The van der Waals surface area contributed by atoms with E-state index in [-0.39, 0.29) is 24.8 Å². The summed E-state index contributed by atoms with van der Waals surface area (Å²) in [5.41, 5.74) is 0.243. The molecule has 7 nitrogen and oxygen atoms in total. The van der Waals surface area contributed by atoms with Crippen LogP contribution in [0.2, 0.25) is 0 Å². The molecule has 0 fully saturated rings. The van der Waals surface area contributed by atoms with Crippen molar-refractivity contribution in [2.75, 3.05) is 11.9 Å². The summed E-state index contributed by atoms with van der Waals surface area (Å²) in [6, 6.07) is -0.199. The van der Waals surface area contributed by atoms with Gasteiger partial charge in [0.25, 0.3) is 5.56 Å². The van der Waals surface area contributed by atoms with Gasteiger partial charge < -0.3 is 14.8 Å². The molecule has 0 radical (unpaired) electrons. The average molecular weight is 343 g/mol. The molecule has 0 saturated carbocycles. The maximum Gasteiger partial charge on any atom is 0.283 e. The fourth-order valence-electron chi connectivity index (χ4n) is 1.69. The van der Waals surface area contributed by atoms with Crippen molar-refractivity contribution in [3.8, 4) is 0 Å². The average Bonchev–Trinajstić information content (AvgIpc) is 2.85. The molecular weight excluding hydrogens is 328 g/mol. The van der Waals surface area contributed by atoms with Gasteiger partial charge in [0.2, 0.25) is 5.89 Å². The second-order valence-electron chi connectivity index (χ2n) is 4.30. The van der Waals surface area contributed by atoms with Crippen LogP contribution in [0.5, 0.6) is 0 Å². The Labute approximate surface area is 123 Å². The van der Waals surface area contributed by atoms with E-state index < -0.39 is 0 Å². The third-order valence-corrected chi connectivity index (χ3v) is 3.44. The van der Waals surface area contributed by atoms with Gasteiger partial charge in [0.1, 0.15) is 16.3 Å². The van der Waals surface area contributed by atoms with Crippen LogP contribution in [0.25, 0.3) is 0 Å². The fourth-order valence-corrected chi connectivity index (χ4v) is 2.11. The van der Waals surface area contributed by atoms with E-state index in [1.165, 1.54) is 10.9 Å². The van der Waals surface area contributed by atoms with Crippen molar-refractivity contribution in [2.45, 2.75) is 26.4 Å². The summed E-state index contributed by atoms with van der Waals surface area (Å²) in [5, 5.41) is 15.9. The molecule has 2 N–H and O–H groups in total. The predicted molar refractivity (Wildman–Crippen MR) is 76.6 cm³/mol. The summed E-state index contributed by atoms with van der Waals surface area (Å²) in [6.45, 7) is 3.71. The lowest BCUT2D eigenvalue weighted by Crippen LogP contribution is -2.26. The topological polar surface area (TPSA) is 93.2 Å². The van der Waals surface area contributed by atoms with Crippen molar-refractivity contribution >= 4 is 21.6 Å². The van der Waals surface area contributed by atoms with E-state index in [2.05, 4.69) is 31.3 Å². The number of nitrogens with one attached hydrogen (secondary N) is 1. The van der Waals surface area contributed by atoms with E-state index in [0.29, 0.717) is 16.1 Å². The molecule has 2 aromatic rings. The number of aliphatic hydroxyl groups excluding tert-OH is 1. The van der Waals surface area contributed by atoms with E-state index in [9.17, 15) is 4.79 Å². The predicted octanol–water partition coefficient (Wildman–Crippen LogP) is 1.47. The first kappa shape index (κ1) is 14.7. The molecule has 0 aliphatic carbocycles. The van der Waals surface area contributed by atoms with Crippen LogP contribution in [0.4, 0.5) is 5.69 Å². The van der Waals surface area contributed by atoms with E-state index in [0.717, 1.165) is 5.76 Å². The highest BCUT2D eigenvalue weighted by Gasteiger charge is 2.15. The van der Waals surface area contributed by atoms with Gasteiger partial charge in [-0.25, -0.2) is 9.67 Å².